The number of carboxylic acid groups (broad SMARTS) is 1. The zero-order valence-electron chi connectivity index (χ0n) is 7.85. The topological polar surface area (TPSA) is 71.4 Å². The molecule has 2 rings (SSSR count). The largest absolute Gasteiger partial charge is 0.481 e. The monoisotopic (exact) mass is 218 g/mol. The Morgan fingerprint density at radius 2 is 1.79 bits per heavy atom. The number of rotatable bonds is 3. The molecule has 0 radical (unpaired) electrons. The first-order chi connectivity index (χ1) is 6.49. The Morgan fingerprint density at radius 3 is 2.07 bits per heavy atom. The molecule has 1 N–H and O–H groups in total. The van der Waals surface area contributed by atoms with Crippen LogP contribution in [0, 0.1) is 17.8 Å². The van der Waals surface area contributed by atoms with Crippen molar-refractivity contribution in [2.75, 3.05) is 11.5 Å². The maximum Gasteiger partial charge on any atom is 0.307 e. The van der Waals surface area contributed by atoms with Crippen LogP contribution in [0.3, 0.4) is 0 Å². The van der Waals surface area contributed by atoms with Crippen molar-refractivity contribution in [1.82, 2.24) is 0 Å². The molecule has 1 saturated carbocycles. The lowest BCUT2D eigenvalue weighted by atomic mass is 9.71. The molecule has 2 aliphatic rings. The smallest absolute Gasteiger partial charge is 0.307 e. The summed E-state index contributed by atoms with van der Waals surface area (Å²) in [5.41, 5.74) is 0. The molecule has 0 amide bonds. The van der Waals surface area contributed by atoms with E-state index >= 15 is 0 Å². The van der Waals surface area contributed by atoms with E-state index in [-0.39, 0.29) is 23.3 Å². The molecule has 1 aliphatic heterocycles. The van der Waals surface area contributed by atoms with Gasteiger partial charge in [0.25, 0.3) is 0 Å². The van der Waals surface area contributed by atoms with Crippen molar-refractivity contribution in [3.05, 3.63) is 0 Å². The van der Waals surface area contributed by atoms with E-state index in [1.54, 1.807) is 0 Å². The Balaban J connectivity index is 2.02. The van der Waals surface area contributed by atoms with E-state index in [0.717, 1.165) is 19.3 Å². The second-order valence-electron chi connectivity index (χ2n) is 4.39. The minimum Gasteiger partial charge on any atom is -0.481 e. The Kier molecular flexibility index (Phi) is 2.29. The first kappa shape index (κ1) is 9.96. The molecular weight excluding hydrogens is 204 g/mol. The van der Waals surface area contributed by atoms with Gasteiger partial charge in [-0.1, -0.05) is 6.42 Å². The summed E-state index contributed by atoms with van der Waals surface area (Å²) < 4.78 is 21.9. The molecule has 0 aromatic rings. The van der Waals surface area contributed by atoms with E-state index in [1.807, 2.05) is 0 Å². The summed E-state index contributed by atoms with van der Waals surface area (Å²) in [6.07, 6.45) is 2.99. The highest BCUT2D eigenvalue weighted by atomic mass is 32.2. The zero-order valence-corrected chi connectivity index (χ0v) is 8.66. The standard InChI is InChI=1S/C9H14O4S/c10-9(11)8(6-2-1-3-6)7-4-14(12,13)5-7/h6-8H,1-5H2,(H,10,11). The Bertz CT molecular complexity index is 330. The molecule has 1 heterocycles. The molecule has 14 heavy (non-hydrogen) atoms. The average molecular weight is 218 g/mol. The summed E-state index contributed by atoms with van der Waals surface area (Å²) in [4.78, 5) is 11.0. The summed E-state index contributed by atoms with van der Waals surface area (Å²) in [6, 6.07) is 0. The van der Waals surface area contributed by atoms with Crippen LogP contribution in [0.15, 0.2) is 0 Å². The molecule has 1 atom stereocenters. The SMILES string of the molecule is O=C(O)C(C1CCC1)C1CS(=O)(=O)C1. The molecule has 1 aliphatic carbocycles. The van der Waals surface area contributed by atoms with E-state index in [1.165, 1.54) is 0 Å². The minimum absolute atomic E-state index is 0.0838. The predicted octanol–water partition coefficient (Wildman–Crippen LogP) is 0.532. The number of aliphatic carboxylic acids is 1. The number of hydrogen-bond acceptors (Lipinski definition) is 3. The lowest BCUT2D eigenvalue weighted by Gasteiger charge is -2.39. The van der Waals surface area contributed by atoms with Crippen molar-refractivity contribution in [1.29, 1.82) is 0 Å². The highest BCUT2D eigenvalue weighted by molar-refractivity contribution is 7.92. The molecule has 0 spiro atoms. The van der Waals surface area contributed by atoms with Gasteiger partial charge in [0.1, 0.15) is 0 Å². The molecule has 0 aromatic carbocycles. The van der Waals surface area contributed by atoms with Crippen molar-refractivity contribution >= 4 is 15.8 Å². The van der Waals surface area contributed by atoms with Crippen LogP contribution < -0.4 is 0 Å². The lowest BCUT2D eigenvalue weighted by molar-refractivity contribution is -0.147. The summed E-state index contributed by atoms with van der Waals surface area (Å²) >= 11 is 0. The third kappa shape index (κ3) is 1.65. The number of sulfone groups is 1. The maximum absolute atomic E-state index is 11.0. The molecule has 0 bridgehead atoms. The summed E-state index contributed by atoms with van der Waals surface area (Å²) in [7, 11) is -2.89. The summed E-state index contributed by atoms with van der Waals surface area (Å²) in [6.45, 7) is 0. The van der Waals surface area contributed by atoms with Gasteiger partial charge in [-0.25, -0.2) is 8.42 Å². The van der Waals surface area contributed by atoms with Gasteiger partial charge in [-0.3, -0.25) is 4.79 Å². The van der Waals surface area contributed by atoms with Gasteiger partial charge in [-0.2, -0.15) is 0 Å². The molecule has 0 aromatic heterocycles. The van der Waals surface area contributed by atoms with Gasteiger partial charge in [0.15, 0.2) is 9.84 Å². The van der Waals surface area contributed by atoms with Crippen LogP contribution in [0.2, 0.25) is 0 Å². The molecule has 5 heteroatoms. The molecule has 4 nitrogen and oxygen atoms in total. The van der Waals surface area contributed by atoms with Crippen LogP contribution in [0.4, 0.5) is 0 Å². The number of hydrogen-bond donors (Lipinski definition) is 1. The van der Waals surface area contributed by atoms with Gasteiger partial charge in [0, 0.05) is 5.92 Å². The van der Waals surface area contributed by atoms with Gasteiger partial charge in [0.05, 0.1) is 17.4 Å². The van der Waals surface area contributed by atoms with E-state index in [2.05, 4.69) is 0 Å². The van der Waals surface area contributed by atoms with Crippen molar-refractivity contribution < 1.29 is 18.3 Å². The van der Waals surface area contributed by atoms with Crippen LogP contribution in [-0.4, -0.2) is 31.0 Å². The van der Waals surface area contributed by atoms with Crippen LogP contribution in [0.5, 0.6) is 0 Å². The van der Waals surface area contributed by atoms with Gasteiger partial charge in [0.2, 0.25) is 0 Å². The van der Waals surface area contributed by atoms with Crippen molar-refractivity contribution in [3.8, 4) is 0 Å². The second-order valence-corrected chi connectivity index (χ2v) is 6.55. The van der Waals surface area contributed by atoms with E-state index in [9.17, 15) is 13.2 Å². The fourth-order valence-corrected chi connectivity index (χ4v) is 4.02. The van der Waals surface area contributed by atoms with Crippen LogP contribution >= 0.6 is 0 Å². The molecule has 1 saturated heterocycles. The number of carbonyl (C=O) groups is 1. The molecule has 2 fully saturated rings. The van der Waals surface area contributed by atoms with Crippen LogP contribution in [-0.2, 0) is 14.6 Å². The Morgan fingerprint density at radius 1 is 1.21 bits per heavy atom. The normalized spacial score (nSPS) is 28.9. The molecule has 1 unspecified atom stereocenters. The molecular formula is C9H14O4S. The predicted molar refractivity (Wildman–Crippen MR) is 50.6 cm³/mol. The van der Waals surface area contributed by atoms with E-state index in [4.69, 9.17) is 5.11 Å². The second kappa shape index (κ2) is 3.22. The fraction of sp³-hybridized carbons (Fsp3) is 0.889. The van der Waals surface area contributed by atoms with Gasteiger partial charge >= 0.3 is 5.97 Å². The van der Waals surface area contributed by atoms with E-state index < -0.39 is 21.7 Å². The Labute approximate surface area is 83.2 Å². The van der Waals surface area contributed by atoms with Gasteiger partial charge in [-0.15, -0.1) is 0 Å². The highest BCUT2D eigenvalue weighted by Gasteiger charge is 2.46. The zero-order chi connectivity index (χ0) is 10.3. The van der Waals surface area contributed by atoms with Crippen LogP contribution in [0.25, 0.3) is 0 Å². The maximum atomic E-state index is 11.0. The first-order valence-corrected chi connectivity index (χ1v) is 6.75. The number of carboxylic acids is 1. The Hall–Kier alpha value is -0.580. The third-order valence-corrected chi connectivity index (χ3v) is 5.26. The van der Waals surface area contributed by atoms with Crippen molar-refractivity contribution in [2.45, 2.75) is 19.3 Å². The third-order valence-electron chi connectivity index (χ3n) is 3.39. The van der Waals surface area contributed by atoms with Crippen molar-refractivity contribution in [2.24, 2.45) is 17.8 Å². The minimum atomic E-state index is -2.89. The molecule has 80 valence electrons. The summed E-state index contributed by atoms with van der Waals surface area (Å²) in [5.74, 6) is -0.946. The summed E-state index contributed by atoms with van der Waals surface area (Å²) in [5, 5.41) is 9.02. The van der Waals surface area contributed by atoms with Gasteiger partial charge < -0.3 is 5.11 Å². The fourth-order valence-electron chi connectivity index (χ4n) is 2.40. The quantitative estimate of drug-likeness (QED) is 0.750. The van der Waals surface area contributed by atoms with Gasteiger partial charge in [-0.05, 0) is 18.8 Å². The van der Waals surface area contributed by atoms with Crippen LogP contribution in [0.1, 0.15) is 19.3 Å². The first-order valence-electron chi connectivity index (χ1n) is 4.93. The van der Waals surface area contributed by atoms with Crippen molar-refractivity contribution in [3.63, 3.8) is 0 Å². The van der Waals surface area contributed by atoms with E-state index in [0.29, 0.717) is 0 Å². The average Bonchev–Trinajstić information content (AvgIpc) is 1.90. The lowest BCUT2D eigenvalue weighted by Crippen LogP contribution is -2.47. The highest BCUT2D eigenvalue weighted by Crippen LogP contribution is 2.41.